The minimum atomic E-state index is -0.154. The molecule has 0 radical (unpaired) electrons. The third-order valence-electron chi connectivity index (χ3n) is 14.9. The first-order chi connectivity index (χ1) is 30.2. The Morgan fingerprint density at radius 2 is 0.662 bits per heavy atom. The van der Waals surface area contributed by atoms with Crippen molar-refractivity contribution in [1.29, 1.82) is 0 Å². The molecule has 0 aliphatic heterocycles. The largest absolute Gasteiger partial charge is 0.310 e. The van der Waals surface area contributed by atoms with E-state index in [1.807, 2.05) is 0 Å². The van der Waals surface area contributed by atoms with Gasteiger partial charge in [0.2, 0.25) is 0 Å². The van der Waals surface area contributed by atoms with Crippen molar-refractivity contribution in [1.82, 2.24) is 0 Å². The van der Waals surface area contributed by atoms with Crippen LogP contribution in [-0.2, 0) is 32.5 Å². The number of fused-ring (bicyclic) bond motifs is 6. The second-order valence-corrected chi connectivity index (χ2v) is 24.5. The zero-order valence-electron chi connectivity index (χ0n) is 42.2. The van der Waals surface area contributed by atoms with E-state index in [2.05, 4.69) is 255 Å². The molecule has 0 bridgehead atoms. The summed E-state index contributed by atoms with van der Waals surface area (Å²) >= 11 is 0. The summed E-state index contributed by atoms with van der Waals surface area (Å²) in [5, 5.41) is 0. The smallest absolute Gasteiger partial charge is 0.0546 e. The van der Waals surface area contributed by atoms with E-state index in [1.54, 1.807) is 0 Å². The van der Waals surface area contributed by atoms with Gasteiger partial charge < -0.3 is 4.90 Å². The zero-order chi connectivity index (χ0) is 46.8. The van der Waals surface area contributed by atoms with Crippen LogP contribution >= 0.6 is 0 Å². The molecule has 0 saturated heterocycles. The summed E-state index contributed by atoms with van der Waals surface area (Å²) in [7, 11) is 0. The van der Waals surface area contributed by atoms with Gasteiger partial charge in [0.25, 0.3) is 0 Å². The topological polar surface area (TPSA) is 3.24 Å². The number of hydrogen-bond acceptors (Lipinski definition) is 1. The van der Waals surface area contributed by atoms with Gasteiger partial charge in [0.1, 0.15) is 0 Å². The minimum Gasteiger partial charge on any atom is -0.310 e. The van der Waals surface area contributed by atoms with Crippen LogP contribution < -0.4 is 4.90 Å². The van der Waals surface area contributed by atoms with E-state index in [1.165, 1.54) is 94.7 Å². The minimum absolute atomic E-state index is 0.00877. The van der Waals surface area contributed by atoms with Crippen molar-refractivity contribution in [2.24, 2.45) is 0 Å². The van der Waals surface area contributed by atoms with Gasteiger partial charge in [-0.3, -0.25) is 0 Å². The molecule has 0 heterocycles. The Hall–Kier alpha value is -5.66. The average Bonchev–Trinajstić information content (AvgIpc) is 3.61. The highest BCUT2D eigenvalue weighted by atomic mass is 15.1. The second kappa shape index (κ2) is 14.9. The SMILES string of the molecule is CC(C)(C)c1cc(-c2ccc(-c3cc(C(C)(C)C)cc(C(C)(C)C)c3)c(N(c3ccc4c(c3)C(C)(C)c3ccccc3-4)c3ccc4c(c3)C(C)(C)c3ccccc3-4)c2)cc(C(C)(C)C)c1. The van der Waals surface area contributed by atoms with Crippen LogP contribution in [0.15, 0.2) is 140 Å². The highest BCUT2D eigenvalue weighted by molar-refractivity contribution is 5.94. The van der Waals surface area contributed by atoms with E-state index in [0.717, 1.165) is 11.4 Å². The zero-order valence-corrected chi connectivity index (χ0v) is 42.2. The van der Waals surface area contributed by atoms with E-state index < -0.39 is 0 Å². The third-order valence-corrected chi connectivity index (χ3v) is 14.9. The van der Waals surface area contributed by atoms with Crippen LogP contribution in [0.3, 0.4) is 0 Å². The maximum absolute atomic E-state index is 2.59. The Balaban J connectivity index is 1.38. The van der Waals surface area contributed by atoms with E-state index in [0.29, 0.717) is 0 Å². The van der Waals surface area contributed by atoms with Crippen LogP contribution in [0.1, 0.15) is 155 Å². The van der Waals surface area contributed by atoms with E-state index in [4.69, 9.17) is 0 Å². The van der Waals surface area contributed by atoms with Crippen LogP contribution in [0.5, 0.6) is 0 Å². The molecule has 0 unspecified atom stereocenters. The van der Waals surface area contributed by atoms with Crippen LogP contribution in [0, 0.1) is 0 Å². The van der Waals surface area contributed by atoms with Gasteiger partial charge >= 0.3 is 0 Å². The fourth-order valence-corrected chi connectivity index (χ4v) is 10.5. The first-order valence-electron chi connectivity index (χ1n) is 24.0. The molecule has 7 aromatic carbocycles. The lowest BCUT2D eigenvalue weighted by Crippen LogP contribution is -2.19. The normalized spacial score (nSPS) is 15.0. The average molecular weight is 854 g/mol. The molecule has 0 N–H and O–H groups in total. The number of hydrogen-bond donors (Lipinski definition) is 0. The fraction of sp³-hybridized carbons (Fsp3) is 0.344. The first kappa shape index (κ1) is 44.5. The Labute approximate surface area is 392 Å². The number of rotatable bonds is 5. The molecule has 0 spiro atoms. The molecule has 0 amide bonds. The monoisotopic (exact) mass is 854 g/mol. The highest BCUT2D eigenvalue weighted by Crippen LogP contribution is 2.54. The Kier molecular flexibility index (Phi) is 10.2. The lowest BCUT2D eigenvalue weighted by atomic mass is 9.78. The maximum atomic E-state index is 2.59. The van der Waals surface area contributed by atoms with Crippen LogP contribution in [0.2, 0.25) is 0 Å². The van der Waals surface area contributed by atoms with Gasteiger partial charge in [-0.25, -0.2) is 0 Å². The molecule has 0 saturated carbocycles. The Morgan fingerprint density at radius 1 is 0.308 bits per heavy atom. The molecule has 1 nitrogen and oxygen atoms in total. The number of nitrogens with zero attached hydrogens (tertiary/aromatic N) is 1. The molecule has 2 aliphatic rings. The van der Waals surface area contributed by atoms with Crippen molar-refractivity contribution >= 4 is 17.1 Å². The molecule has 65 heavy (non-hydrogen) atoms. The Morgan fingerprint density at radius 3 is 1.06 bits per heavy atom. The van der Waals surface area contributed by atoms with Crippen LogP contribution in [-0.4, -0.2) is 0 Å². The molecular formula is C64H71N. The van der Waals surface area contributed by atoms with Crippen LogP contribution in [0.25, 0.3) is 44.5 Å². The molecule has 9 rings (SSSR count). The van der Waals surface area contributed by atoms with E-state index in [-0.39, 0.29) is 32.5 Å². The standard InChI is InChI=1S/C64H71N/c1-59(2,3)43-31-41(32-44(36-43)60(4,5)6)40-25-28-49(42-33-45(61(7,8)9)37-46(34-42)62(10,11)12)58(35-40)65(47-26-29-52-50-21-17-19-23-54(50)63(13,14)56(52)38-47)48-27-30-53-51-22-18-20-24-55(51)64(15,16)57(53)39-48/h17-39H,1-16H3. The molecule has 1 heteroatoms. The van der Waals surface area contributed by atoms with Crippen molar-refractivity contribution in [3.8, 4) is 44.5 Å². The quantitative estimate of drug-likeness (QED) is 0.167. The highest BCUT2D eigenvalue weighted by Gasteiger charge is 2.38. The summed E-state index contributed by atoms with van der Waals surface area (Å²) in [5.74, 6) is 0. The molecule has 0 fully saturated rings. The number of anilines is 3. The fourth-order valence-electron chi connectivity index (χ4n) is 10.5. The van der Waals surface area contributed by atoms with Gasteiger partial charge in [0.15, 0.2) is 0 Å². The predicted molar refractivity (Wildman–Crippen MR) is 282 cm³/mol. The molecule has 332 valence electrons. The van der Waals surface area contributed by atoms with E-state index in [9.17, 15) is 0 Å². The summed E-state index contributed by atoms with van der Waals surface area (Å²) in [6, 6.07) is 54.6. The van der Waals surface area contributed by atoms with Gasteiger partial charge in [0, 0.05) is 27.8 Å². The third kappa shape index (κ3) is 7.67. The summed E-state index contributed by atoms with van der Waals surface area (Å²) in [6.07, 6.45) is 0. The maximum Gasteiger partial charge on any atom is 0.0546 e. The van der Waals surface area contributed by atoms with Gasteiger partial charge in [-0.1, -0.05) is 220 Å². The summed E-state index contributed by atoms with van der Waals surface area (Å²) in [4.78, 5) is 2.59. The van der Waals surface area contributed by atoms with Gasteiger partial charge in [-0.2, -0.15) is 0 Å². The van der Waals surface area contributed by atoms with Gasteiger partial charge in [0.05, 0.1) is 5.69 Å². The van der Waals surface area contributed by atoms with Crippen molar-refractivity contribution in [2.75, 3.05) is 4.90 Å². The molecule has 7 aromatic rings. The predicted octanol–water partition coefficient (Wildman–Crippen LogP) is 18.3. The lowest BCUT2D eigenvalue weighted by Gasteiger charge is -2.32. The van der Waals surface area contributed by atoms with E-state index >= 15 is 0 Å². The summed E-state index contributed by atoms with van der Waals surface area (Å²) in [5.41, 5.74) is 24.3. The van der Waals surface area contributed by atoms with Gasteiger partial charge in [-0.05, 0) is 135 Å². The number of benzene rings is 7. The van der Waals surface area contributed by atoms with Crippen molar-refractivity contribution in [2.45, 2.75) is 143 Å². The van der Waals surface area contributed by atoms with Gasteiger partial charge in [-0.15, -0.1) is 0 Å². The summed E-state index contributed by atoms with van der Waals surface area (Å²) < 4.78 is 0. The van der Waals surface area contributed by atoms with Crippen molar-refractivity contribution in [3.63, 3.8) is 0 Å². The molecule has 2 aliphatic carbocycles. The molecular weight excluding hydrogens is 783 g/mol. The summed E-state index contributed by atoms with van der Waals surface area (Å²) in [6.45, 7) is 37.7. The molecule has 0 aromatic heterocycles. The molecule has 0 atom stereocenters. The Bertz CT molecular complexity index is 2840. The van der Waals surface area contributed by atoms with Crippen LogP contribution in [0.4, 0.5) is 17.1 Å². The van der Waals surface area contributed by atoms with Crippen molar-refractivity contribution < 1.29 is 0 Å². The first-order valence-corrected chi connectivity index (χ1v) is 24.0. The van der Waals surface area contributed by atoms with Crippen molar-refractivity contribution in [3.05, 3.63) is 184 Å². The lowest BCUT2D eigenvalue weighted by molar-refractivity contribution is 0.568. The second-order valence-electron chi connectivity index (χ2n) is 24.5.